The maximum Gasteiger partial charge on any atom is 0.223 e. The highest BCUT2D eigenvalue weighted by atomic mass is 16.4. The lowest BCUT2D eigenvalue weighted by Gasteiger charge is -1.95. The number of carbonyl (C=O) groups excluding carboxylic acids is 1. The van der Waals surface area contributed by atoms with Gasteiger partial charge in [-0.25, -0.2) is 0 Å². The molecule has 0 aliphatic heterocycles. The highest BCUT2D eigenvalue weighted by molar-refractivity contribution is 5.95. The highest BCUT2D eigenvalue weighted by Gasteiger charge is 2.15. The van der Waals surface area contributed by atoms with Crippen molar-refractivity contribution in [2.45, 2.75) is 6.92 Å². The molecule has 0 aliphatic carbocycles. The second kappa shape index (κ2) is 4.10. The van der Waals surface area contributed by atoms with Gasteiger partial charge in [0.25, 0.3) is 0 Å². The van der Waals surface area contributed by atoms with Gasteiger partial charge in [0.2, 0.25) is 17.2 Å². The minimum Gasteiger partial charge on any atom is -0.435 e. The van der Waals surface area contributed by atoms with Crippen LogP contribution < -0.4 is 10.7 Å². The van der Waals surface area contributed by atoms with Crippen LogP contribution in [0.15, 0.2) is 33.5 Å². The lowest BCUT2D eigenvalue weighted by atomic mass is 10.2. The van der Waals surface area contributed by atoms with E-state index in [0.717, 1.165) is 0 Å². The molecule has 1 amide bonds. The van der Waals surface area contributed by atoms with Gasteiger partial charge < -0.3 is 4.42 Å². The molecule has 0 spiro atoms. The Labute approximate surface area is 96.3 Å². The third-order valence-electron chi connectivity index (χ3n) is 2.19. The van der Waals surface area contributed by atoms with E-state index in [1.165, 1.54) is 13.0 Å². The second-order valence-electron chi connectivity index (χ2n) is 3.42. The fraction of sp³-hybridized carbons (Fsp3) is 0.0833. The summed E-state index contributed by atoms with van der Waals surface area (Å²) in [5.74, 6) is -0.351. The molecule has 5 heteroatoms. The Morgan fingerprint density at radius 3 is 2.76 bits per heavy atom. The average molecular weight is 228 g/mol. The molecule has 1 heterocycles. The van der Waals surface area contributed by atoms with Crippen molar-refractivity contribution in [2.24, 2.45) is 0 Å². The smallest absolute Gasteiger partial charge is 0.223 e. The summed E-state index contributed by atoms with van der Waals surface area (Å²) in [5.41, 5.74) is -0.114. The molecule has 0 unspecified atom stereocenters. The topological polar surface area (TPSA) is 83.1 Å². The standard InChI is InChI=1S/C12H8N2O3/c1-7(15)14-12-9(6-13)8-4-2-3-5-10(16)11(8)17-12/h2-5H,1H3,(H,14,15). The molecular weight excluding hydrogens is 220 g/mol. The van der Waals surface area contributed by atoms with Crippen LogP contribution in [0.2, 0.25) is 0 Å². The SMILES string of the molecule is CC(=O)Nc1oc2c(=O)ccccc2c1C#N. The lowest BCUT2D eigenvalue weighted by Crippen LogP contribution is -2.05. The first kappa shape index (κ1) is 10.9. The summed E-state index contributed by atoms with van der Waals surface area (Å²) in [6.45, 7) is 1.30. The van der Waals surface area contributed by atoms with Crippen molar-refractivity contribution in [3.8, 4) is 6.07 Å². The number of nitrogens with zero attached hydrogens (tertiary/aromatic N) is 1. The molecule has 17 heavy (non-hydrogen) atoms. The third kappa shape index (κ3) is 1.88. The van der Waals surface area contributed by atoms with Crippen LogP contribution in [0.4, 0.5) is 5.88 Å². The van der Waals surface area contributed by atoms with Gasteiger partial charge in [-0.15, -0.1) is 0 Å². The van der Waals surface area contributed by atoms with Crippen molar-refractivity contribution in [3.05, 3.63) is 40.1 Å². The predicted octanol–water partition coefficient (Wildman–Crippen LogP) is 1.62. The molecule has 0 atom stereocenters. The quantitative estimate of drug-likeness (QED) is 0.803. The minimum atomic E-state index is -0.364. The number of nitrogens with one attached hydrogen (secondary N) is 1. The molecule has 0 aliphatic rings. The summed E-state index contributed by atoms with van der Waals surface area (Å²) in [4.78, 5) is 22.6. The third-order valence-corrected chi connectivity index (χ3v) is 2.19. The van der Waals surface area contributed by atoms with Gasteiger partial charge >= 0.3 is 0 Å². The molecular formula is C12H8N2O3. The second-order valence-corrected chi connectivity index (χ2v) is 3.42. The Hall–Kier alpha value is -2.61. The summed E-state index contributed by atoms with van der Waals surface area (Å²) < 4.78 is 5.22. The van der Waals surface area contributed by atoms with Crippen LogP contribution in [0.25, 0.3) is 11.0 Å². The van der Waals surface area contributed by atoms with Crippen molar-refractivity contribution in [3.63, 3.8) is 0 Å². The average Bonchev–Trinajstić information content (AvgIpc) is 2.51. The Morgan fingerprint density at radius 2 is 2.12 bits per heavy atom. The van der Waals surface area contributed by atoms with Crippen LogP contribution in [-0.2, 0) is 4.79 Å². The first-order valence-electron chi connectivity index (χ1n) is 4.87. The zero-order valence-electron chi connectivity index (χ0n) is 8.98. The summed E-state index contributed by atoms with van der Waals surface area (Å²) in [7, 11) is 0. The zero-order chi connectivity index (χ0) is 12.4. The van der Waals surface area contributed by atoms with E-state index in [4.69, 9.17) is 9.68 Å². The molecule has 2 rings (SSSR count). The van der Waals surface area contributed by atoms with E-state index in [0.29, 0.717) is 5.39 Å². The van der Waals surface area contributed by atoms with E-state index >= 15 is 0 Å². The molecule has 84 valence electrons. The van der Waals surface area contributed by atoms with Crippen LogP contribution in [-0.4, -0.2) is 5.91 Å². The Bertz CT molecular complexity index is 695. The van der Waals surface area contributed by atoms with Crippen LogP contribution in [0.1, 0.15) is 12.5 Å². The van der Waals surface area contributed by atoms with Crippen molar-refractivity contribution in [1.82, 2.24) is 0 Å². The van der Waals surface area contributed by atoms with Crippen molar-refractivity contribution in [2.75, 3.05) is 5.32 Å². The number of amides is 1. The van der Waals surface area contributed by atoms with Gasteiger partial charge in [-0.3, -0.25) is 14.9 Å². The summed E-state index contributed by atoms with van der Waals surface area (Å²) in [6, 6.07) is 8.06. The van der Waals surface area contributed by atoms with E-state index in [2.05, 4.69) is 5.32 Å². The minimum absolute atomic E-state index is 0.0123. The van der Waals surface area contributed by atoms with E-state index in [9.17, 15) is 9.59 Å². The normalized spacial score (nSPS) is 9.88. The fourth-order valence-corrected chi connectivity index (χ4v) is 1.52. The van der Waals surface area contributed by atoms with Gasteiger partial charge in [-0.05, 0) is 12.1 Å². The molecule has 0 fully saturated rings. The number of carbonyl (C=O) groups is 1. The predicted molar refractivity (Wildman–Crippen MR) is 61.5 cm³/mol. The van der Waals surface area contributed by atoms with Crippen LogP contribution in [0.3, 0.4) is 0 Å². The number of hydrogen-bond donors (Lipinski definition) is 1. The first-order valence-corrected chi connectivity index (χ1v) is 4.87. The van der Waals surface area contributed by atoms with E-state index in [1.807, 2.05) is 6.07 Å². The number of furan rings is 1. The van der Waals surface area contributed by atoms with Crippen molar-refractivity contribution >= 4 is 22.8 Å². The van der Waals surface area contributed by atoms with Crippen molar-refractivity contribution in [1.29, 1.82) is 5.26 Å². The van der Waals surface area contributed by atoms with Gasteiger partial charge in [-0.2, -0.15) is 5.26 Å². The maximum absolute atomic E-state index is 11.6. The summed E-state index contributed by atoms with van der Waals surface area (Å²) in [6.07, 6.45) is 0. The Kier molecular flexibility index (Phi) is 2.63. The van der Waals surface area contributed by atoms with E-state index in [-0.39, 0.29) is 28.4 Å². The van der Waals surface area contributed by atoms with Crippen LogP contribution >= 0.6 is 0 Å². The van der Waals surface area contributed by atoms with E-state index in [1.54, 1.807) is 18.2 Å². The molecule has 2 aromatic rings. The maximum atomic E-state index is 11.6. The van der Waals surface area contributed by atoms with Crippen LogP contribution in [0.5, 0.6) is 0 Å². The van der Waals surface area contributed by atoms with Gasteiger partial charge in [0, 0.05) is 12.3 Å². The molecule has 0 saturated carbocycles. The number of anilines is 1. The molecule has 0 saturated heterocycles. The van der Waals surface area contributed by atoms with Crippen LogP contribution in [0, 0.1) is 11.3 Å². The number of hydrogen-bond acceptors (Lipinski definition) is 4. The molecule has 0 bridgehead atoms. The number of fused-ring (bicyclic) bond motifs is 1. The molecule has 1 N–H and O–H groups in total. The lowest BCUT2D eigenvalue weighted by molar-refractivity contribution is -0.114. The number of rotatable bonds is 1. The molecule has 5 nitrogen and oxygen atoms in total. The van der Waals surface area contributed by atoms with Gasteiger partial charge in [-0.1, -0.05) is 12.1 Å². The largest absolute Gasteiger partial charge is 0.435 e. The van der Waals surface area contributed by atoms with Gasteiger partial charge in [0.15, 0.2) is 5.58 Å². The summed E-state index contributed by atoms with van der Waals surface area (Å²) >= 11 is 0. The number of nitriles is 1. The monoisotopic (exact) mass is 228 g/mol. The first-order chi connectivity index (χ1) is 8.13. The Morgan fingerprint density at radius 1 is 1.41 bits per heavy atom. The molecule has 1 aromatic carbocycles. The molecule has 0 radical (unpaired) electrons. The van der Waals surface area contributed by atoms with Gasteiger partial charge in [0.05, 0.1) is 0 Å². The fourth-order valence-electron chi connectivity index (χ4n) is 1.52. The molecule has 1 aromatic heterocycles. The van der Waals surface area contributed by atoms with Gasteiger partial charge in [0.1, 0.15) is 11.6 Å². The zero-order valence-corrected chi connectivity index (χ0v) is 8.98. The highest BCUT2D eigenvalue weighted by Crippen LogP contribution is 2.26. The summed E-state index contributed by atoms with van der Waals surface area (Å²) in [5, 5.41) is 11.8. The van der Waals surface area contributed by atoms with E-state index < -0.39 is 0 Å². The Balaban J connectivity index is 2.83. The van der Waals surface area contributed by atoms with Crippen molar-refractivity contribution < 1.29 is 9.21 Å².